The van der Waals surface area contributed by atoms with Crippen molar-refractivity contribution >= 4 is 11.7 Å². The number of rotatable bonds is 7. The lowest BCUT2D eigenvalue weighted by Gasteiger charge is -2.33. The zero-order valence-electron chi connectivity index (χ0n) is 19.8. The van der Waals surface area contributed by atoms with Crippen LogP contribution in [0.15, 0.2) is 48.5 Å². The van der Waals surface area contributed by atoms with E-state index in [9.17, 15) is 9.59 Å². The molecule has 0 bridgehead atoms. The first-order valence-corrected chi connectivity index (χ1v) is 12.6. The van der Waals surface area contributed by atoms with Crippen LogP contribution >= 0.6 is 0 Å². The zero-order chi connectivity index (χ0) is 23.4. The largest absolute Gasteiger partial charge is 0.486 e. The summed E-state index contributed by atoms with van der Waals surface area (Å²) in [5.74, 6) is 1.97. The standard InChI is InChI=1S/C28H34N2O4/c31-26(19-30-14-10-22(11-15-30)27(32)21-6-2-1-3-7-21)29-20-28(12-4-5-13-28)23-8-9-24-25(18-23)34-17-16-33-24/h1-3,6-9,18,22H,4-5,10-17,19-20H2,(H,29,31). The number of hydrogen-bond acceptors (Lipinski definition) is 5. The van der Waals surface area contributed by atoms with E-state index >= 15 is 0 Å². The van der Waals surface area contributed by atoms with Gasteiger partial charge >= 0.3 is 0 Å². The van der Waals surface area contributed by atoms with Crippen molar-refractivity contribution in [2.24, 2.45) is 5.92 Å². The van der Waals surface area contributed by atoms with Gasteiger partial charge in [-0.2, -0.15) is 0 Å². The van der Waals surface area contributed by atoms with Crippen molar-refractivity contribution < 1.29 is 19.1 Å². The Balaban J connectivity index is 1.14. The predicted molar refractivity (Wildman–Crippen MR) is 131 cm³/mol. The van der Waals surface area contributed by atoms with E-state index in [4.69, 9.17) is 9.47 Å². The molecule has 1 saturated heterocycles. The third kappa shape index (κ3) is 4.97. The molecule has 0 radical (unpaired) electrons. The number of ketones is 1. The summed E-state index contributed by atoms with van der Waals surface area (Å²) in [4.78, 5) is 27.7. The minimum atomic E-state index is -0.0411. The fraction of sp³-hybridized carbons (Fsp3) is 0.500. The molecule has 2 heterocycles. The van der Waals surface area contributed by atoms with Crippen LogP contribution in [0.5, 0.6) is 11.5 Å². The van der Waals surface area contributed by atoms with Gasteiger partial charge in [-0.1, -0.05) is 49.2 Å². The summed E-state index contributed by atoms with van der Waals surface area (Å²) in [6.45, 7) is 3.77. The third-order valence-electron chi connectivity index (χ3n) is 7.72. The Morgan fingerprint density at radius 2 is 1.65 bits per heavy atom. The molecule has 2 aromatic rings. The topological polar surface area (TPSA) is 67.9 Å². The number of benzene rings is 2. The quantitative estimate of drug-likeness (QED) is 0.631. The minimum Gasteiger partial charge on any atom is -0.486 e. The van der Waals surface area contributed by atoms with Crippen LogP contribution in [-0.2, 0) is 10.2 Å². The number of carbonyl (C=O) groups excluding carboxylic acids is 2. The van der Waals surface area contributed by atoms with Crippen molar-refractivity contribution in [3.63, 3.8) is 0 Å². The molecular weight excluding hydrogens is 428 g/mol. The van der Waals surface area contributed by atoms with Crippen LogP contribution in [0.3, 0.4) is 0 Å². The van der Waals surface area contributed by atoms with Crippen LogP contribution in [0.1, 0.15) is 54.4 Å². The molecule has 2 aromatic carbocycles. The highest BCUT2D eigenvalue weighted by Gasteiger charge is 2.37. The van der Waals surface area contributed by atoms with Crippen LogP contribution in [-0.4, -0.2) is 56.0 Å². The Morgan fingerprint density at radius 1 is 0.941 bits per heavy atom. The van der Waals surface area contributed by atoms with Gasteiger partial charge in [-0.3, -0.25) is 14.5 Å². The normalized spacial score (nSPS) is 20.1. The Morgan fingerprint density at radius 3 is 2.38 bits per heavy atom. The number of piperidine rings is 1. The lowest BCUT2D eigenvalue weighted by atomic mass is 9.78. The highest BCUT2D eigenvalue weighted by Crippen LogP contribution is 2.43. The highest BCUT2D eigenvalue weighted by atomic mass is 16.6. The van der Waals surface area contributed by atoms with E-state index in [2.05, 4.69) is 22.3 Å². The van der Waals surface area contributed by atoms with Gasteiger partial charge in [0.05, 0.1) is 6.54 Å². The van der Waals surface area contributed by atoms with Gasteiger partial charge in [-0.05, 0) is 56.5 Å². The Bertz CT molecular complexity index is 1010. The van der Waals surface area contributed by atoms with Crippen LogP contribution in [0.2, 0.25) is 0 Å². The number of carbonyl (C=O) groups is 2. The molecule has 0 spiro atoms. The number of fused-ring (bicyclic) bond motifs is 1. The van der Waals surface area contributed by atoms with Gasteiger partial charge in [0.15, 0.2) is 17.3 Å². The molecule has 0 atom stereocenters. The summed E-state index contributed by atoms with van der Waals surface area (Å²) >= 11 is 0. The van der Waals surface area contributed by atoms with Crippen LogP contribution in [0, 0.1) is 5.92 Å². The number of nitrogens with one attached hydrogen (secondary N) is 1. The van der Waals surface area contributed by atoms with Gasteiger partial charge in [0.25, 0.3) is 0 Å². The number of likely N-dealkylation sites (tertiary alicyclic amines) is 1. The van der Waals surface area contributed by atoms with Gasteiger partial charge in [0.2, 0.25) is 5.91 Å². The Labute approximate surface area is 201 Å². The van der Waals surface area contributed by atoms with Crippen molar-refractivity contribution in [1.29, 1.82) is 0 Å². The summed E-state index contributed by atoms with van der Waals surface area (Å²) in [5.41, 5.74) is 1.98. The van der Waals surface area contributed by atoms with Gasteiger partial charge in [-0.15, -0.1) is 0 Å². The summed E-state index contributed by atoms with van der Waals surface area (Å²) < 4.78 is 11.5. The summed E-state index contributed by atoms with van der Waals surface area (Å²) in [7, 11) is 0. The average Bonchev–Trinajstić information content (AvgIpc) is 3.38. The second-order valence-electron chi connectivity index (χ2n) is 9.90. The zero-order valence-corrected chi connectivity index (χ0v) is 19.8. The Kier molecular flexibility index (Phi) is 6.86. The van der Waals surface area contributed by atoms with Crippen LogP contribution in [0.25, 0.3) is 0 Å². The van der Waals surface area contributed by atoms with E-state index in [0.29, 0.717) is 26.3 Å². The van der Waals surface area contributed by atoms with E-state index in [1.807, 2.05) is 36.4 Å². The first kappa shape index (κ1) is 22.9. The molecule has 6 heteroatoms. The second-order valence-corrected chi connectivity index (χ2v) is 9.90. The maximum atomic E-state index is 12.8. The van der Waals surface area contributed by atoms with Gasteiger partial charge in [-0.25, -0.2) is 0 Å². The van der Waals surface area contributed by atoms with Gasteiger partial charge in [0, 0.05) is 23.4 Å². The molecule has 2 fully saturated rings. The molecule has 2 aliphatic heterocycles. The number of nitrogens with zero attached hydrogens (tertiary/aromatic N) is 1. The fourth-order valence-electron chi connectivity index (χ4n) is 5.71. The molecule has 1 amide bonds. The lowest BCUT2D eigenvalue weighted by Crippen LogP contribution is -2.46. The van der Waals surface area contributed by atoms with Crippen molar-refractivity contribution in [2.45, 2.75) is 43.9 Å². The van der Waals surface area contributed by atoms with Crippen molar-refractivity contribution in [2.75, 3.05) is 39.4 Å². The maximum Gasteiger partial charge on any atom is 0.234 e. The third-order valence-corrected chi connectivity index (χ3v) is 7.72. The lowest BCUT2D eigenvalue weighted by molar-refractivity contribution is -0.122. The number of amides is 1. The van der Waals surface area contributed by atoms with Crippen molar-refractivity contribution in [3.05, 3.63) is 59.7 Å². The van der Waals surface area contributed by atoms with E-state index in [0.717, 1.165) is 55.8 Å². The molecule has 180 valence electrons. The average molecular weight is 463 g/mol. The molecule has 1 saturated carbocycles. The number of hydrogen-bond donors (Lipinski definition) is 1. The molecule has 3 aliphatic rings. The first-order chi connectivity index (χ1) is 16.6. The summed E-state index contributed by atoms with van der Waals surface area (Å²) in [6, 6.07) is 15.8. The molecule has 0 aromatic heterocycles. The fourth-order valence-corrected chi connectivity index (χ4v) is 5.71. The Hall–Kier alpha value is -2.86. The second kappa shape index (κ2) is 10.2. The molecule has 6 nitrogen and oxygen atoms in total. The summed E-state index contributed by atoms with van der Waals surface area (Å²) in [6.07, 6.45) is 6.10. The van der Waals surface area contributed by atoms with E-state index in [1.165, 1.54) is 18.4 Å². The van der Waals surface area contributed by atoms with E-state index in [1.54, 1.807) is 0 Å². The van der Waals surface area contributed by atoms with Crippen LogP contribution in [0.4, 0.5) is 0 Å². The highest BCUT2D eigenvalue weighted by molar-refractivity contribution is 5.97. The molecule has 5 rings (SSSR count). The molecular formula is C28H34N2O4. The van der Waals surface area contributed by atoms with Crippen molar-refractivity contribution in [3.8, 4) is 11.5 Å². The van der Waals surface area contributed by atoms with Crippen molar-refractivity contribution in [1.82, 2.24) is 10.2 Å². The number of ether oxygens (including phenoxy) is 2. The maximum absolute atomic E-state index is 12.8. The smallest absolute Gasteiger partial charge is 0.234 e. The van der Waals surface area contributed by atoms with E-state index < -0.39 is 0 Å². The number of Topliss-reactive ketones (excluding diaryl/α,β-unsaturated/α-hetero) is 1. The minimum absolute atomic E-state index is 0.0411. The van der Waals surface area contributed by atoms with Gasteiger partial charge in [0.1, 0.15) is 13.2 Å². The van der Waals surface area contributed by atoms with Gasteiger partial charge < -0.3 is 14.8 Å². The monoisotopic (exact) mass is 462 g/mol. The van der Waals surface area contributed by atoms with Crippen LogP contribution < -0.4 is 14.8 Å². The SMILES string of the molecule is O=C(CN1CCC(C(=O)c2ccccc2)CC1)NCC1(c2ccc3c(c2)OCCO3)CCCC1. The molecule has 1 aliphatic carbocycles. The molecule has 0 unspecified atom stereocenters. The predicted octanol–water partition coefficient (Wildman–Crippen LogP) is 3.98. The molecule has 34 heavy (non-hydrogen) atoms. The van der Waals surface area contributed by atoms with E-state index in [-0.39, 0.29) is 23.0 Å². The molecule has 1 N–H and O–H groups in total. The summed E-state index contributed by atoms with van der Waals surface area (Å²) in [5, 5.41) is 3.23. The first-order valence-electron chi connectivity index (χ1n) is 12.6.